The summed E-state index contributed by atoms with van der Waals surface area (Å²) >= 11 is 7.65. The van der Waals surface area contributed by atoms with Gasteiger partial charge in [0.25, 0.3) is 0 Å². The summed E-state index contributed by atoms with van der Waals surface area (Å²) in [5.74, 6) is -0.181. The van der Waals surface area contributed by atoms with Crippen molar-refractivity contribution in [3.05, 3.63) is 58.9 Å². The fourth-order valence-electron chi connectivity index (χ4n) is 3.19. The summed E-state index contributed by atoms with van der Waals surface area (Å²) in [5.41, 5.74) is 2.27. The number of halogens is 2. The minimum absolute atomic E-state index is 0.100. The van der Waals surface area contributed by atoms with E-state index < -0.39 is 0 Å². The first kappa shape index (κ1) is 14.9. The van der Waals surface area contributed by atoms with E-state index in [1.54, 1.807) is 23.5 Å². The van der Waals surface area contributed by atoms with Crippen LogP contribution in [0.25, 0.3) is 10.2 Å². The van der Waals surface area contributed by atoms with Crippen molar-refractivity contribution in [2.24, 2.45) is 0 Å². The smallest absolute Gasteiger partial charge is 0.183 e. The number of nitrogens with zero attached hydrogens (tertiary/aromatic N) is 1. The quantitative estimate of drug-likeness (QED) is 0.663. The van der Waals surface area contributed by atoms with Gasteiger partial charge >= 0.3 is 0 Å². The van der Waals surface area contributed by atoms with Gasteiger partial charge in [0, 0.05) is 17.0 Å². The Kier molecular flexibility index (Phi) is 3.74. The van der Waals surface area contributed by atoms with Crippen molar-refractivity contribution < 1.29 is 4.39 Å². The van der Waals surface area contributed by atoms with Gasteiger partial charge in [-0.2, -0.15) is 0 Å². The second kappa shape index (κ2) is 5.77. The van der Waals surface area contributed by atoms with Gasteiger partial charge in [-0.3, -0.25) is 0 Å². The highest BCUT2D eigenvalue weighted by Crippen LogP contribution is 2.44. The third-order valence-electron chi connectivity index (χ3n) is 4.70. The van der Waals surface area contributed by atoms with Crippen LogP contribution in [0.2, 0.25) is 5.02 Å². The van der Waals surface area contributed by atoms with Crippen LogP contribution in [0.1, 0.15) is 24.8 Å². The first-order valence-electron chi connectivity index (χ1n) is 7.71. The largest absolute Gasteiger partial charge is 0.361 e. The standard InChI is InChI=1S/C18H16ClFN2S/c19-13-4-7-15-16(10-13)23-17(22-15)21-11-18(8-1-9-18)12-2-5-14(20)6-3-12/h2-7,10H,1,8-9,11H2,(H,21,22). The number of hydrogen-bond donors (Lipinski definition) is 1. The molecule has 0 spiro atoms. The van der Waals surface area contributed by atoms with Gasteiger partial charge < -0.3 is 5.32 Å². The van der Waals surface area contributed by atoms with Crippen molar-refractivity contribution in [2.45, 2.75) is 24.7 Å². The highest BCUT2D eigenvalue weighted by atomic mass is 35.5. The highest BCUT2D eigenvalue weighted by molar-refractivity contribution is 7.22. The topological polar surface area (TPSA) is 24.9 Å². The van der Waals surface area contributed by atoms with Crippen molar-refractivity contribution in [1.29, 1.82) is 0 Å². The molecular formula is C18H16ClFN2S. The number of fused-ring (bicyclic) bond motifs is 1. The maximum absolute atomic E-state index is 13.2. The van der Waals surface area contributed by atoms with Crippen LogP contribution in [-0.4, -0.2) is 11.5 Å². The van der Waals surface area contributed by atoms with Crippen LogP contribution < -0.4 is 5.32 Å². The number of nitrogens with one attached hydrogen (secondary N) is 1. The Morgan fingerprint density at radius 1 is 1.17 bits per heavy atom. The lowest BCUT2D eigenvalue weighted by Crippen LogP contribution is -2.40. The second-order valence-corrected chi connectivity index (χ2v) is 7.59. The first-order chi connectivity index (χ1) is 11.1. The fourth-order valence-corrected chi connectivity index (χ4v) is 4.33. The summed E-state index contributed by atoms with van der Waals surface area (Å²) in [6.45, 7) is 0.826. The van der Waals surface area contributed by atoms with Crippen molar-refractivity contribution in [3.63, 3.8) is 0 Å². The summed E-state index contributed by atoms with van der Waals surface area (Å²) in [6, 6.07) is 12.7. The molecule has 2 nitrogen and oxygen atoms in total. The molecule has 1 saturated carbocycles. The minimum Gasteiger partial charge on any atom is -0.361 e. The maximum Gasteiger partial charge on any atom is 0.183 e. The van der Waals surface area contributed by atoms with Crippen LogP contribution in [0.3, 0.4) is 0 Å². The molecular weight excluding hydrogens is 331 g/mol. The average molecular weight is 347 g/mol. The molecule has 1 aromatic heterocycles. The van der Waals surface area contributed by atoms with Gasteiger partial charge in [0.05, 0.1) is 10.2 Å². The fraction of sp³-hybridized carbons (Fsp3) is 0.278. The van der Waals surface area contributed by atoms with Gasteiger partial charge in [-0.1, -0.05) is 41.5 Å². The van der Waals surface area contributed by atoms with Gasteiger partial charge in [-0.05, 0) is 48.7 Å². The van der Waals surface area contributed by atoms with Crippen molar-refractivity contribution in [1.82, 2.24) is 4.98 Å². The monoisotopic (exact) mass is 346 g/mol. The number of rotatable bonds is 4. The van der Waals surface area contributed by atoms with Gasteiger partial charge in [0.15, 0.2) is 5.13 Å². The molecule has 23 heavy (non-hydrogen) atoms. The Hall–Kier alpha value is -1.65. The molecule has 0 atom stereocenters. The molecule has 3 aromatic rings. The van der Waals surface area contributed by atoms with Gasteiger partial charge in [-0.25, -0.2) is 9.37 Å². The van der Waals surface area contributed by atoms with Crippen LogP contribution in [0, 0.1) is 5.82 Å². The molecule has 1 N–H and O–H groups in total. The van der Waals surface area contributed by atoms with Crippen molar-refractivity contribution >= 4 is 38.3 Å². The van der Waals surface area contributed by atoms with Crippen molar-refractivity contribution in [2.75, 3.05) is 11.9 Å². The predicted molar refractivity (Wildman–Crippen MR) is 95.0 cm³/mol. The Labute approximate surface area is 143 Å². The zero-order chi connectivity index (χ0) is 15.9. The molecule has 1 aliphatic carbocycles. The second-order valence-electron chi connectivity index (χ2n) is 6.13. The van der Waals surface area contributed by atoms with E-state index in [0.717, 1.165) is 39.8 Å². The van der Waals surface area contributed by atoms with E-state index in [-0.39, 0.29) is 11.2 Å². The summed E-state index contributed by atoms with van der Waals surface area (Å²) in [7, 11) is 0. The molecule has 0 amide bonds. The van der Waals surface area contributed by atoms with E-state index in [2.05, 4.69) is 10.3 Å². The molecule has 5 heteroatoms. The van der Waals surface area contributed by atoms with E-state index in [1.807, 2.05) is 30.3 Å². The molecule has 0 aliphatic heterocycles. The Morgan fingerprint density at radius 2 is 1.96 bits per heavy atom. The third kappa shape index (κ3) is 2.81. The van der Waals surface area contributed by atoms with Crippen LogP contribution >= 0.6 is 22.9 Å². The van der Waals surface area contributed by atoms with E-state index in [0.29, 0.717) is 0 Å². The van der Waals surface area contributed by atoms with Crippen LogP contribution in [0.4, 0.5) is 9.52 Å². The first-order valence-corrected chi connectivity index (χ1v) is 8.90. The summed E-state index contributed by atoms with van der Waals surface area (Å²) < 4.78 is 14.3. The lowest BCUT2D eigenvalue weighted by Gasteiger charge is -2.42. The molecule has 0 radical (unpaired) electrons. The molecule has 4 rings (SSSR count). The van der Waals surface area contributed by atoms with E-state index >= 15 is 0 Å². The summed E-state index contributed by atoms with van der Waals surface area (Å²) in [6.07, 6.45) is 3.47. The van der Waals surface area contributed by atoms with E-state index in [4.69, 9.17) is 11.6 Å². The predicted octanol–water partition coefficient (Wildman–Crippen LogP) is 5.62. The normalized spacial score (nSPS) is 16.3. The Morgan fingerprint density at radius 3 is 2.65 bits per heavy atom. The third-order valence-corrected chi connectivity index (χ3v) is 5.91. The number of thiazole rings is 1. The molecule has 1 heterocycles. The lowest BCUT2D eigenvalue weighted by atomic mass is 9.64. The SMILES string of the molecule is Fc1ccc(C2(CNc3nc4ccc(Cl)cc4s3)CCC2)cc1. The maximum atomic E-state index is 13.2. The van der Waals surface area contributed by atoms with Crippen LogP contribution in [0.5, 0.6) is 0 Å². The Bertz CT molecular complexity index is 840. The van der Waals surface area contributed by atoms with Crippen LogP contribution in [-0.2, 0) is 5.41 Å². The summed E-state index contributed by atoms with van der Waals surface area (Å²) in [5, 5.41) is 5.12. The van der Waals surface area contributed by atoms with E-state index in [1.165, 1.54) is 12.0 Å². The van der Waals surface area contributed by atoms with E-state index in [9.17, 15) is 4.39 Å². The summed E-state index contributed by atoms with van der Waals surface area (Å²) in [4.78, 5) is 4.61. The molecule has 1 fully saturated rings. The van der Waals surface area contributed by atoms with Gasteiger partial charge in [-0.15, -0.1) is 0 Å². The van der Waals surface area contributed by atoms with Gasteiger partial charge in [0.1, 0.15) is 5.82 Å². The minimum atomic E-state index is -0.181. The number of hydrogen-bond acceptors (Lipinski definition) is 3. The number of anilines is 1. The molecule has 1 aliphatic rings. The van der Waals surface area contributed by atoms with Gasteiger partial charge in [0.2, 0.25) is 0 Å². The molecule has 2 aromatic carbocycles. The van der Waals surface area contributed by atoms with Crippen molar-refractivity contribution in [3.8, 4) is 0 Å². The Balaban J connectivity index is 1.55. The number of benzene rings is 2. The highest BCUT2D eigenvalue weighted by Gasteiger charge is 2.38. The molecule has 0 saturated heterocycles. The zero-order valence-corrected chi connectivity index (χ0v) is 14.1. The zero-order valence-electron chi connectivity index (χ0n) is 12.5. The molecule has 118 valence electrons. The average Bonchev–Trinajstić information content (AvgIpc) is 2.89. The van der Waals surface area contributed by atoms with Crippen LogP contribution in [0.15, 0.2) is 42.5 Å². The molecule has 0 unspecified atom stereocenters. The number of aromatic nitrogens is 1. The lowest BCUT2D eigenvalue weighted by molar-refractivity contribution is 0.260. The molecule has 0 bridgehead atoms.